The molecule has 2 N–H and O–H groups in total. The van der Waals surface area contributed by atoms with E-state index in [2.05, 4.69) is 21.1 Å². The minimum absolute atomic E-state index is 0.0348. The van der Waals surface area contributed by atoms with Crippen molar-refractivity contribution in [1.29, 1.82) is 5.26 Å². The highest BCUT2D eigenvalue weighted by molar-refractivity contribution is 5.96. The van der Waals surface area contributed by atoms with E-state index in [0.29, 0.717) is 29.7 Å². The number of nitriles is 1. The number of fused-ring (bicyclic) bond motifs is 1. The fourth-order valence-electron chi connectivity index (χ4n) is 4.08. The van der Waals surface area contributed by atoms with Crippen molar-refractivity contribution >= 4 is 29.1 Å². The monoisotopic (exact) mass is 540 g/mol. The number of nitrogens with zero attached hydrogens (tertiary/aromatic N) is 8. The number of ether oxygens (including phenoxy) is 2. The Kier molecular flexibility index (Phi) is 8.37. The van der Waals surface area contributed by atoms with Gasteiger partial charge in [0.15, 0.2) is 11.8 Å². The molecule has 0 radical (unpaired) electrons. The molecular formula is C24H28N8O7. The van der Waals surface area contributed by atoms with E-state index in [-0.39, 0.29) is 32.0 Å². The molecule has 1 fully saturated rings. The lowest BCUT2D eigenvalue weighted by molar-refractivity contribution is -0.205. The van der Waals surface area contributed by atoms with Crippen LogP contribution in [0.4, 0.5) is 9.59 Å². The van der Waals surface area contributed by atoms with Crippen LogP contribution in [-0.2, 0) is 20.8 Å². The molecule has 1 saturated heterocycles. The molecule has 1 aliphatic rings. The van der Waals surface area contributed by atoms with Crippen molar-refractivity contribution < 1.29 is 34.1 Å². The maximum atomic E-state index is 13.2. The average Bonchev–Trinajstić information content (AvgIpc) is 3.56. The first-order valence-corrected chi connectivity index (χ1v) is 12.1. The van der Waals surface area contributed by atoms with Crippen LogP contribution in [-0.4, -0.2) is 108 Å². The summed E-state index contributed by atoms with van der Waals surface area (Å²) in [5.41, 5.74) is 1.72. The minimum atomic E-state index is -1.26. The van der Waals surface area contributed by atoms with Gasteiger partial charge in [0.05, 0.1) is 37.0 Å². The molecule has 3 aromatic heterocycles. The molecule has 0 spiro atoms. The Labute approximate surface area is 222 Å². The summed E-state index contributed by atoms with van der Waals surface area (Å²) in [6.07, 6.45) is 2.37. The Morgan fingerprint density at radius 3 is 2.74 bits per heavy atom. The molecular weight excluding hydrogens is 512 g/mol. The molecule has 0 unspecified atom stereocenters. The molecule has 4 rings (SSSR count). The Hall–Kier alpha value is -4.55. The quantitative estimate of drug-likeness (QED) is 0.416. The predicted molar refractivity (Wildman–Crippen MR) is 133 cm³/mol. The average molecular weight is 541 g/mol. The van der Waals surface area contributed by atoms with Gasteiger partial charge in [0.25, 0.3) is 0 Å². The molecule has 0 saturated carbocycles. The first-order valence-electron chi connectivity index (χ1n) is 12.1. The van der Waals surface area contributed by atoms with Gasteiger partial charge in [0, 0.05) is 63.4 Å². The third-order valence-corrected chi connectivity index (χ3v) is 6.23. The standard InChI is InChI=1S/C24H28N8O7/c1-29(8-9-30(2)24(37)39-19-11-16(33)10-18(38-19)22(34)35)23(36)32-7-4-17-20(26-14-27-21(17)32)15-12-28-31(13-15)6-3-5-25/h4,7,12-14,16,18-19,33H,3,6,8-11H2,1-2H3,(H,34,35)/t16-,18-,19-/m0/s1. The van der Waals surface area contributed by atoms with Crippen molar-refractivity contribution in [3.63, 3.8) is 0 Å². The highest BCUT2D eigenvalue weighted by Gasteiger charge is 2.35. The highest BCUT2D eigenvalue weighted by Crippen LogP contribution is 2.26. The van der Waals surface area contributed by atoms with Crippen molar-refractivity contribution in [1.82, 2.24) is 34.1 Å². The molecule has 15 heteroatoms. The summed E-state index contributed by atoms with van der Waals surface area (Å²) in [5.74, 6) is -1.25. The summed E-state index contributed by atoms with van der Waals surface area (Å²) in [6, 6.07) is 3.42. The normalized spacial score (nSPS) is 18.9. The van der Waals surface area contributed by atoms with Crippen molar-refractivity contribution in [3.8, 4) is 17.3 Å². The van der Waals surface area contributed by atoms with Gasteiger partial charge in [-0.3, -0.25) is 9.25 Å². The second-order valence-corrected chi connectivity index (χ2v) is 9.07. The van der Waals surface area contributed by atoms with E-state index in [9.17, 15) is 19.5 Å². The number of aliphatic hydroxyl groups is 1. The molecule has 3 atom stereocenters. The number of hydrogen-bond acceptors (Lipinski definition) is 10. The molecule has 1 aliphatic heterocycles. The van der Waals surface area contributed by atoms with Crippen LogP contribution in [0.1, 0.15) is 19.3 Å². The third kappa shape index (κ3) is 6.30. The van der Waals surface area contributed by atoms with Gasteiger partial charge >= 0.3 is 18.1 Å². The van der Waals surface area contributed by atoms with Crippen LogP contribution >= 0.6 is 0 Å². The smallest absolute Gasteiger partial charge is 0.411 e. The molecule has 0 aromatic carbocycles. The fourth-order valence-corrected chi connectivity index (χ4v) is 4.08. The first kappa shape index (κ1) is 27.5. The number of aromatic nitrogens is 5. The SMILES string of the molecule is CN(CCN(C)C(=O)n1ccc2c(-c3cnn(CCC#N)c3)ncnc21)C(=O)O[C@H]1C[C@@H](O)C[C@@H](C(=O)O)O1. The van der Waals surface area contributed by atoms with Crippen LogP contribution in [0.15, 0.2) is 31.0 Å². The molecule has 4 heterocycles. The maximum absolute atomic E-state index is 13.2. The van der Waals surface area contributed by atoms with Crippen LogP contribution in [0.3, 0.4) is 0 Å². The number of aliphatic hydroxyl groups excluding tert-OH is 1. The zero-order valence-corrected chi connectivity index (χ0v) is 21.4. The lowest BCUT2D eigenvalue weighted by Crippen LogP contribution is -2.44. The Bertz CT molecular complexity index is 1400. The number of carboxylic acid groups (broad SMARTS) is 1. The number of likely N-dealkylation sites (N-methyl/N-ethyl adjacent to an activating group) is 2. The highest BCUT2D eigenvalue weighted by atomic mass is 16.7. The van der Waals surface area contributed by atoms with Crippen molar-refractivity contribution in [2.45, 2.75) is 44.3 Å². The first-order chi connectivity index (χ1) is 18.7. The van der Waals surface area contributed by atoms with Crippen LogP contribution < -0.4 is 0 Å². The van der Waals surface area contributed by atoms with E-state index in [1.807, 2.05) is 0 Å². The van der Waals surface area contributed by atoms with Crippen LogP contribution in [0.25, 0.3) is 22.3 Å². The maximum Gasteiger partial charge on any atom is 0.411 e. The molecule has 2 amide bonds. The number of hydrogen-bond donors (Lipinski definition) is 2. The molecule has 39 heavy (non-hydrogen) atoms. The van der Waals surface area contributed by atoms with Crippen LogP contribution in [0, 0.1) is 11.3 Å². The third-order valence-electron chi connectivity index (χ3n) is 6.23. The Balaban J connectivity index is 1.37. The Morgan fingerprint density at radius 1 is 1.23 bits per heavy atom. The van der Waals surface area contributed by atoms with Crippen molar-refractivity contribution in [3.05, 3.63) is 31.0 Å². The predicted octanol–water partition coefficient (Wildman–Crippen LogP) is 1.13. The van der Waals surface area contributed by atoms with E-state index in [1.54, 1.807) is 36.4 Å². The number of carbonyl (C=O) groups excluding carboxylic acids is 2. The van der Waals surface area contributed by atoms with Gasteiger partial charge in [0.2, 0.25) is 6.29 Å². The van der Waals surface area contributed by atoms with Gasteiger partial charge in [-0.2, -0.15) is 10.4 Å². The molecule has 0 aliphatic carbocycles. The van der Waals surface area contributed by atoms with Crippen LogP contribution in [0.5, 0.6) is 0 Å². The largest absolute Gasteiger partial charge is 0.479 e. The Morgan fingerprint density at radius 2 is 2.00 bits per heavy atom. The number of aliphatic carboxylic acids is 1. The van der Waals surface area contributed by atoms with E-state index in [4.69, 9.17) is 19.8 Å². The summed E-state index contributed by atoms with van der Waals surface area (Å²) in [7, 11) is 3.04. The summed E-state index contributed by atoms with van der Waals surface area (Å²) in [4.78, 5) is 48.0. The number of carbonyl (C=O) groups is 3. The summed E-state index contributed by atoms with van der Waals surface area (Å²) >= 11 is 0. The molecule has 3 aromatic rings. The van der Waals surface area contributed by atoms with E-state index >= 15 is 0 Å². The molecule has 206 valence electrons. The summed E-state index contributed by atoms with van der Waals surface area (Å²) in [5, 5.41) is 32.6. The van der Waals surface area contributed by atoms with E-state index in [0.717, 1.165) is 5.56 Å². The molecule has 15 nitrogen and oxygen atoms in total. The lowest BCUT2D eigenvalue weighted by Gasteiger charge is -2.31. The van der Waals surface area contributed by atoms with Gasteiger partial charge in [-0.1, -0.05) is 0 Å². The zero-order chi connectivity index (χ0) is 28.1. The van der Waals surface area contributed by atoms with Crippen molar-refractivity contribution in [2.75, 3.05) is 27.2 Å². The number of carboxylic acids is 1. The summed E-state index contributed by atoms with van der Waals surface area (Å²) < 4.78 is 13.5. The van der Waals surface area contributed by atoms with Gasteiger partial charge in [0.1, 0.15) is 6.33 Å². The van der Waals surface area contributed by atoms with Crippen molar-refractivity contribution in [2.24, 2.45) is 0 Å². The lowest BCUT2D eigenvalue weighted by atomic mass is 10.1. The summed E-state index contributed by atoms with van der Waals surface area (Å²) in [6.45, 7) is 0.717. The fraction of sp³-hybridized carbons (Fsp3) is 0.458. The van der Waals surface area contributed by atoms with E-state index in [1.165, 1.54) is 27.7 Å². The van der Waals surface area contributed by atoms with Gasteiger partial charge in [-0.15, -0.1) is 0 Å². The van der Waals surface area contributed by atoms with Gasteiger partial charge < -0.3 is 29.5 Å². The second-order valence-electron chi connectivity index (χ2n) is 9.07. The molecule has 0 bridgehead atoms. The van der Waals surface area contributed by atoms with E-state index < -0.39 is 30.6 Å². The minimum Gasteiger partial charge on any atom is -0.479 e. The van der Waals surface area contributed by atoms with Crippen LogP contribution in [0.2, 0.25) is 0 Å². The number of aryl methyl sites for hydroxylation is 1. The van der Waals surface area contributed by atoms with Gasteiger partial charge in [-0.05, 0) is 6.07 Å². The van der Waals surface area contributed by atoms with Gasteiger partial charge in [-0.25, -0.2) is 24.4 Å². The topological polar surface area (TPSA) is 189 Å². The second kappa shape index (κ2) is 11.9. The number of amides is 2. The number of rotatable bonds is 8. The zero-order valence-electron chi connectivity index (χ0n) is 21.4.